The SMILES string of the molecule is CCCCCCCCCCCCCCCCCCC(C)OC(OOCC)(C(=O)[O-])C(OCC)(OCC)OCC.[NH4+]. The minimum Gasteiger partial charge on any atom is -0.544 e. The van der Waals surface area contributed by atoms with Crippen LogP contribution in [0.15, 0.2) is 0 Å². The van der Waals surface area contributed by atoms with E-state index < -0.39 is 23.8 Å². The van der Waals surface area contributed by atoms with Gasteiger partial charge in [0, 0.05) is 19.8 Å². The number of rotatable bonds is 30. The lowest BCUT2D eigenvalue weighted by Crippen LogP contribution is -2.70. The molecule has 242 valence electrons. The predicted octanol–water partition coefficient (Wildman–Crippen LogP) is 7.60. The lowest BCUT2D eigenvalue weighted by molar-refractivity contribution is -0.556. The maximum absolute atomic E-state index is 12.5. The van der Waals surface area contributed by atoms with E-state index in [1.54, 1.807) is 34.6 Å². The highest BCUT2D eigenvalue weighted by molar-refractivity contribution is 5.74. The number of aliphatic carboxylic acids is 1. The molecule has 40 heavy (non-hydrogen) atoms. The number of hydrogen-bond acceptors (Lipinski definition) is 8. The first-order valence-electron chi connectivity index (χ1n) is 16.0. The molecule has 0 aliphatic carbocycles. The maximum Gasteiger partial charge on any atom is 0.349 e. The monoisotopic (exact) mass is 579 g/mol. The molecular formula is C31H65NO8. The van der Waals surface area contributed by atoms with Crippen LogP contribution in [0.2, 0.25) is 0 Å². The van der Waals surface area contributed by atoms with Crippen LogP contribution in [0.5, 0.6) is 0 Å². The van der Waals surface area contributed by atoms with Gasteiger partial charge in [-0.3, -0.25) is 0 Å². The summed E-state index contributed by atoms with van der Waals surface area (Å²) in [7, 11) is 0. The average molecular weight is 580 g/mol. The van der Waals surface area contributed by atoms with Crippen molar-refractivity contribution >= 4 is 5.97 Å². The Hall–Kier alpha value is -0.810. The number of carbonyl (C=O) groups is 1. The zero-order valence-corrected chi connectivity index (χ0v) is 27.2. The second kappa shape index (κ2) is 27.0. The highest BCUT2D eigenvalue weighted by atomic mass is 17.2. The van der Waals surface area contributed by atoms with Gasteiger partial charge in [0.1, 0.15) is 5.97 Å². The van der Waals surface area contributed by atoms with Crippen molar-refractivity contribution in [3.05, 3.63) is 0 Å². The van der Waals surface area contributed by atoms with E-state index in [-0.39, 0.29) is 32.6 Å². The van der Waals surface area contributed by atoms with Gasteiger partial charge in [0.2, 0.25) is 0 Å². The summed E-state index contributed by atoms with van der Waals surface area (Å²) < 4.78 is 23.0. The Morgan fingerprint density at radius 1 is 0.625 bits per heavy atom. The quantitative estimate of drug-likeness (QED) is 0.0398. The van der Waals surface area contributed by atoms with E-state index in [2.05, 4.69) is 6.92 Å². The van der Waals surface area contributed by atoms with E-state index in [9.17, 15) is 9.90 Å². The van der Waals surface area contributed by atoms with E-state index >= 15 is 0 Å². The lowest BCUT2D eigenvalue weighted by atomic mass is 10.0. The molecule has 0 saturated heterocycles. The van der Waals surface area contributed by atoms with Crippen LogP contribution in [0.3, 0.4) is 0 Å². The molecule has 0 fully saturated rings. The molecule has 0 rings (SSSR count). The molecule has 0 aliphatic heterocycles. The smallest absolute Gasteiger partial charge is 0.349 e. The molecule has 2 atom stereocenters. The molecule has 9 nitrogen and oxygen atoms in total. The van der Waals surface area contributed by atoms with Gasteiger partial charge < -0.3 is 35.0 Å². The second-order valence-electron chi connectivity index (χ2n) is 10.3. The van der Waals surface area contributed by atoms with Crippen molar-refractivity contribution in [1.82, 2.24) is 6.15 Å². The largest absolute Gasteiger partial charge is 0.544 e. The van der Waals surface area contributed by atoms with E-state index in [1.807, 2.05) is 0 Å². The molecule has 0 spiro atoms. The third-order valence-electron chi connectivity index (χ3n) is 6.80. The topological polar surface area (TPSA) is 132 Å². The molecule has 0 radical (unpaired) electrons. The Kier molecular flexibility index (Phi) is 27.9. The van der Waals surface area contributed by atoms with Crippen LogP contribution in [0.25, 0.3) is 0 Å². The summed E-state index contributed by atoms with van der Waals surface area (Å²) >= 11 is 0. The van der Waals surface area contributed by atoms with Crippen LogP contribution in [0.1, 0.15) is 151 Å². The molecule has 9 heteroatoms. The Balaban J connectivity index is 0. The molecule has 0 aromatic heterocycles. The third-order valence-corrected chi connectivity index (χ3v) is 6.80. The van der Waals surface area contributed by atoms with Gasteiger partial charge in [0.05, 0.1) is 12.7 Å². The van der Waals surface area contributed by atoms with Crippen molar-refractivity contribution in [3.8, 4) is 0 Å². The van der Waals surface area contributed by atoms with Crippen LogP contribution in [0, 0.1) is 0 Å². The Labute approximate surface area is 245 Å². The molecule has 4 N–H and O–H groups in total. The van der Waals surface area contributed by atoms with E-state index in [1.165, 1.54) is 83.5 Å². The van der Waals surface area contributed by atoms with E-state index in [0.717, 1.165) is 19.3 Å². The number of carbonyl (C=O) groups excluding carboxylic acids is 1. The molecule has 0 aromatic carbocycles. The van der Waals surface area contributed by atoms with Crippen molar-refractivity contribution in [2.24, 2.45) is 0 Å². The number of carboxylic acids is 1. The lowest BCUT2D eigenvalue weighted by Gasteiger charge is -2.46. The number of carboxylic acid groups (broad SMARTS) is 1. The fourth-order valence-corrected chi connectivity index (χ4v) is 4.79. The highest BCUT2D eigenvalue weighted by Crippen LogP contribution is 2.36. The van der Waals surface area contributed by atoms with Gasteiger partial charge >= 0.3 is 11.8 Å². The van der Waals surface area contributed by atoms with Crippen molar-refractivity contribution in [1.29, 1.82) is 0 Å². The molecule has 0 amide bonds. The van der Waals surface area contributed by atoms with Crippen molar-refractivity contribution in [2.75, 3.05) is 26.4 Å². The summed E-state index contributed by atoms with van der Waals surface area (Å²) in [4.78, 5) is 22.8. The first-order chi connectivity index (χ1) is 18.9. The highest BCUT2D eigenvalue weighted by Gasteiger charge is 2.62. The van der Waals surface area contributed by atoms with Crippen molar-refractivity contribution < 1.29 is 38.6 Å². The minimum absolute atomic E-state index is 0. The van der Waals surface area contributed by atoms with Gasteiger partial charge in [0.25, 0.3) is 0 Å². The standard InChI is InChI=1S/C31H62O8.H3N/c1-7-12-13-14-15-16-17-18-19-20-21-22-23-24-25-26-27-28(6)38-30(29(32)33,39-37-11-5)31(34-8-2,35-9-3)36-10-4;/h28H,7-27H2,1-6H3,(H,32,33);1H3. The van der Waals surface area contributed by atoms with Crippen molar-refractivity contribution in [2.45, 2.75) is 169 Å². The van der Waals surface area contributed by atoms with Crippen LogP contribution in [0.4, 0.5) is 0 Å². The summed E-state index contributed by atoms with van der Waals surface area (Å²) in [6.07, 6.45) is 20.9. The van der Waals surface area contributed by atoms with Crippen molar-refractivity contribution in [3.63, 3.8) is 0 Å². The zero-order valence-electron chi connectivity index (χ0n) is 27.2. The number of unbranched alkanes of at least 4 members (excludes halogenated alkanes) is 15. The van der Waals surface area contributed by atoms with Gasteiger partial charge in [-0.1, -0.05) is 110 Å². The number of quaternary nitrogens is 1. The van der Waals surface area contributed by atoms with Crippen LogP contribution in [-0.2, 0) is 33.5 Å². The fourth-order valence-electron chi connectivity index (χ4n) is 4.79. The maximum atomic E-state index is 12.5. The minimum atomic E-state index is -2.56. The Morgan fingerprint density at radius 2 is 1.00 bits per heavy atom. The summed E-state index contributed by atoms with van der Waals surface area (Å²) in [6.45, 7) is 11.2. The molecule has 0 bridgehead atoms. The Bertz CT molecular complexity index is 548. The van der Waals surface area contributed by atoms with Crippen LogP contribution in [-0.4, -0.2) is 50.3 Å². The summed E-state index contributed by atoms with van der Waals surface area (Å²) in [5, 5.41) is 12.5. The predicted molar refractivity (Wildman–Crippen MR) is 159 cm³/mol. The number of ether oxygens (including phenoxy) is 4. The van der Waals surface area contributed by atoms with E-state index in [4.69, 9.17) is 28.7 Å². The fraction of sp³-hybridized carbons (Fsp3) is 0.968. The molecule has 0 saturated carbocycles. The third kappa shape index (κ3) is 16.6. The summed E-state index contributed by atoms with van der Waals surface area (Å²) in [5.41, 5.74) is 0. The van der Waals surface area contributed by atoms with Gasteiger partial charge in [-0.15, -0.1) is 0 Å². The van der Waals surface area contributed by atoms with Gasteiger partial charge in [-0.05, 0) is 41.0 Å². The summed E-state index contributed by atoms with van der Waals surface area (Å²) in [5.74, 6) is -6.42. The molecule has 2 unspecified atom stereocenters. The number of hydrogen-bond donors (Lipinski definition) is 1. The van der Waals surface area contributed by atoms with Crippen LogP contribution >= 0.6 is 0 Å². The first kappa shape index (κ1) is 41.3. The Morgan fingerprint density at radius 3 is 1.32 bits per heavy atom. The van der Waals surface area contributed by atoms with Gasteiger partial charge in [-0.25, -0.2) is 4.89 Å². The average Bonchev–Trinajstić information content (AvgIpc) is 2.91. The normalized spacial score (nSPS) is 14.1. The molecule has 0 aliphatic rings. The zero-order chi connectivity index (χ0) is 29.2. The first-order valence-corrected chi connectivity index (χ1v) is 16.0. The molecular weight excluding hydrogens is 514 g/mol. The molecule has 0 heterocycles. The van der Waals surface area contributed by atoms with E-state index in [0.29, 0.717) is 6.42 Å². The second-order valence-corrected chi connectivity index (χ2v) is 10.3. The van der Waals surface area contributed by atoms with Gasteiger partial charge in [0.15, 0.2) is 0 Å². The van der Waals surface area contributed by atoms with Gasteiger partial charge in [-0.2, -0.15) is 4.89 Å². The van der Waals surface area contributed by atoms with Crippen LogP contribution < -0.4 is 11.3 Å². The molecule has 0 aromatic rings. The summed E-state index contributed by atoms with van der Waals surface area (Å²) in [6, 6.07) is 0.